The molecule has 1 aromatic rings. The molecule has 0 radical (unpaired) electrons. The molecule has 2 atom stereocenters. The van der Waals surface area contributed by atoms with Crippen LogP contribution in [0, 0.1) is 17.6 Å². The van der Waals surface area contributed by atoms with Crippen molar-refractivity contribution in [2.24, 2.45) is 5.92 Å². The summed E-state index contributed by atoms with van der Waals surface area (Å²) in [6.45, 7) is -0.535. The van der Waals surface area contributed by atoms with E-state index in [1.54, 1.807) is 0 Å². The van der Waals surface area contributed by atoms with Crippen molar-refractivity contribution in [3.8, 4) is 0 Å². The summed E-state index contributed by atoms with van der Waals surface area (Å²) in [7, 11) is 0. The first-order valence-electron chi connectivity index (χ1n) is 5.63. The van der Waals surface area contributed by atoms with Crippen LogP contribution in [0.1, 0.15) is 24.4 Å². The van der Waals surface area contributed by atoms with Gasteiger partial charge in [-0.25, -0.2) is 8.78 Å². The van der Waals surface area contributed by atoms with Gasteiger partial charge in [0.1, 0.15) is 0 Å². The molecule has 1 aliphatic rings. The average molecular weight is 274 g/mol. The van der Waals surface area contributed by atoms with E-state index < -0.39 is 24.4 Å². The van der Waals surface area contributed by atoms with Gasteiger partial charge < -0.3 is 11.1 Å². The fourth-order valence-electron chi connectivity index (χ4n) is 2.13. The third-order valence-corrected chi connectivity index (χ3v) is 3.58. The molecule has 1 aromatic carbocycles. The van der Waals surface area contributed by atoms with Gasteiger partial charge in [0.05, 0.1) is 17.7 Å². The highest BCUT2D eigenvalue weighted by molar-refractivity contribution is 7.80. The number of hydrogen-bond acceptors (Lipinski definition) is 2. The number of nitrogens with two attached hydrogens (primary N) is 1. The van der Waals surface area contributed by atoms with Crippen LogP contribution in [0.25, 0.3) is 0 Å². The quantitative estimate of drug-likeness (QED) is 0.643. The first-order chi connectivity index (χ1) is 8.52. The van der Waals surface area contributed by atoms with E-state index in [1.165, 1.54) is 6.07 Å². The van der Waals surface area contributed by atoms with Crippen molar-refractivity contribution in [1.29, 1.82) is 0 Å². The Morgan fingerprint density at radius 1 is 1.33 bits per heavy atom. The summed E-state index contributed by atoms with van der Waals surface area (Å²) in [5, 5.41) is 2.86. The standard InChI is InChI=1S/C12H13F3N2S/c13-5-6-1-2-10(17-12(6)18)8-3-7(16)4-9(14)11(8)15/h3-4,6,10H,1-2,5,16H2,(H,17,18)/t6-,10?/m1/s1. The molecule has 1 saturated heterocycles. The molecule has 0 bridgehead atoms. The molecule has 1 unspecified atom stereocenters. The average Bonchev–Trinajstić information content (AvgIpc) is 2.33. The monoisotopic (exact) mass is 274 g/mol. The van der Waals surface area contributed by atoms with E-state index in [1.807, 2.05) is 0 Å². The summed E-state index contributed by atoms with van der Waals surface area (Å²) in [5.74, 6) is -2.24. The van der Waals surface area contributed by atoms with Crippen molar-refractivity contribution in [2.45, 2.75) is 18.9 Å². The van der Waals surface area contributed by atoms with Crippen molar-refractivity contribution in [1.82, 2.24) is 5.32 Å². The van der Waals surface area contributed by atoms with E-state index in [-0.39, 0.29) is 17.2 Å². The summed E-state index contributed by atoms with van der Waals surface area (Å²) in [5.41, 5.74) is 5.80. The summed E-state index contributed by atoms with van der Waals surface area (Å²) in [4.78, 5) is 0.357. The number of benzene rings is 1. The molecule has 0 aliphatic carbocycles. The normalized spacial score (nSPS) is 23.8. The lowest BCUT2D eigenvalue weighted by Crippen LogP contribution is -2.39. The molecule has 3 N–H and O–H groups in total. The van der Waals surface area contributed by atoms with Gasteiger partial charge in [-0.15, -0.1) is 0 Å². The molecule has 1 heterocycles. The van der Waals surface area contributed by atoms with Crippen LogP contribution in [-0.2, 0) is 0 Å². The second-order valence-electron chi connectivity index (χ2n) is 4.40. The summed E-state index contributed by atoms with van der Waals surface area (Å²) in [6, 6.07) is 1.87. The van der Waals surface area contributed by atoms with Crippen molar-refractivity contribution < 1.29 is 13.2 Å². The smallest absolute Gasteiger partial charge is 0.164 e. The Bertz CT molecular complexity index is 479. The van der Waals surface area contributed by atoms with Gasteiger partial charge in [0.15, 0.2) is 11.6 Å². The lowest BCUT2D eigenvalue weighted by Gasteiger charge is -2.30. The van der Waals surface area contributed by atoms with Gasteiger partial charge >= 0.3 is 0 Å². The van der Waals surface area contributed by atoms with Crippen molar-refractivity contribution in [3.05, 3.63) is 29.3 Å². The van der Waals surface area contributed by atoms with Gasteiger partial charge in [-0.1, -0.05) is 12.2 Å². The first-order valence-corrected chi connectivity index (χ1v) is 6.04. The van der Waals surface area contributed by atoms with E-state index in [0.29, 0.717) is 17.8 Å². The van der Waals surface area contributed by atoms with Crippen LogP contribution in [-0.4, -0.2) is 11.7 Å². The Morgan fingerprint density at radius 3 is 2.67 bits per heavy atom. The van der Waals surface area contributed by atoms with E-state index in [9.17, 15) is 13.2 Å². The van der Waals surface area contributed by atoms with E-state index in [0.717, 1.165) is 6.07 Å². The SMILES string of the molecule is Nc1cc(F)c(F)c(C2CC[C@H](CF)C(=S)N2)c1. The molecule has 0 spiro atoms. The lowest BCUT2D eigenvalue weighted by molar-refractivity contribution is 0.356. The molecule has 0 aromatic heterocycles. The fraction of sp³-hybridized carbons (Fsp3) is 0.417. The third kappa shape index (κ3) is 2.43. The van der Waals surface area contributed by atoms with Crippen LogP contribution >= 0.6 is 12.2 Å². The molecule has 18 heavy (non-hydrogen) atoms. The van der Waals surface area contributed by atoms with E-state index in [2.05, 4.69) is 5.32 Å². The topological polar surface area (TPSA) is 38.0 Å². The van der Waals surface area contributed by atoms with Crippen molar-refractivity contribution >= 4 is 22.9 Å². The van der Waals surface area contributed by atoms with Gasteiger partial charge in [0, 0.05) is 17.2 Å². The van der Waals surface area contributed by atoms with Crippen LogP contribution in [0.2, 0.25) is 0 Å². The lowest BCUT2D eigenvalue weighted by atomic mass is 9.91. The Balaban J connectivity index is 2.26. The van der Waals surface area contributed by atoms with Crippen LogP contribution < -0.4 is 11.1 Å². The highest BCUT2D eigenvalue weighted by Crippen LogP contribution is 2.31. The molecular formula is C12H13F3N2S. The summed E-state index contributed by atoms with van der Waals surface area (Å²) >= 11 is 5.01. The Labute approximate surface area is 108 Å². The number of alkyl halides is 1. The maximum absolute atomic E-state index is 13.7. The molecule has 0 amide bonds. The number of nitrogen functional groups attached to an aromatic ring is 1. The molecular weight excluding hydrogens is 261 g/mol. The van der Waals surface area contributed by atoms with Crippen LogP contribution in [0.5, 0.6) is 0 Å². The van der Waals surface area contributed by atoms with Crippen LogP contribution in [0.15, 0.2) is 12.1 Å². The third-order valence-electron chi connectivity index (χ3n) is 3.13. The minimum Gasteiger partial charge on any atom is -0.399 e. The van der Waals surface area contributed by atoms with Crippen LogP contribution in [0.3, 0.4) is 0 Å². The van der Waals surface area contributed by atoms with Crippen molar-refractivity contribution in [2.75, 3.05) is 12.4 Å². The number of anilines is 1. The predicted octanol–water partition coefficient (Wildman–Crippen LogP) is 2.88. The molecule has 98 valence electrons. The fourth-order valence-corrected chi connectivity index (χ4v) is 2.45. The zero-order valence-corrected chi connectivity index (χ0v) is 10.4. The minimum absolute atomic E-state index is 0.146. The number of halogens is 3. The summed E-state index contributed by atoms with van der Waals surface area (Å²) < 4.78 is 39.5. The number of thiocarbonyl (C=S) groups is 1. The Hall–Kier alpha value is -1.30. The van der Waals surface area contributed by atoms with E-state index >= 15 is 0 Å². The largest absolute Gasteiger partial charge is 0.399 e. The zero-order chi connectivity index (χ0) is 13.3. The number of piperidine rings is 1. The van der Waals surface area contributed by atoms with E-state index in [4.69, 9.17) is 18.0 Å². The van der Waals surface area contributed by atoms with Gasteiger partial charge in [-0.3, -0.25) is 4.39 Å². The number of hydrogen-bond donors (Lipinski definition) is 2. The van der Waals surface area contributed by atoms with Crippen LogP contribution in [0.4, 0.5) is 18.9 Å². The maximum atomic E-state index is 13.7. The molecule has 2 nitrogen and oxygen atoms in total. The molecule has 1 fully saturated rings. The molecule has 2 rings (SSSR count). The van der Waals surface area contributed by atoms with Gasteiger partial charge in [-0.2, -0.15) is 0 Å². The minimum atomic E-state index is -0.981. The Kier molecular flexibility index (Phi) is 3.75. The highest BCUT2D eigenvalue weighted by Gasteiger charge is 2.28. The zero-order valence-electron chi connectivity index (χ0n) is 9.55. The predicted molar refractivity (Wildman–Crippen MR) is 67.9 cm³/mol. The maximum Gasteiger partial charge on any atom is 0.164 e. The highest BCUT2D eigenvalue weighted by atomic mass is 32.1. The van der Waals surface area contributed by atoms with Crippen molar-refractivity contribution in [3.63, 3.8) is 0 Å². The van der Waals surface area contributed by atoms with Gasteiger partial charge in [-0.05, 0) is 25.0 Å². The number of rotatable bonds is 2. The Morgan fingerprint density at radius 2 is 2.06 bits per heavy atom. The second kappa shape index (κ2) is 5.14. The molecule has 6 heteroatoms. The summed E-state index contributed by atoms with van der Waals surface area (Å²) in [6.07, 6.45) is 1.01. The first kappa shape index (κ1) is 13.1. The second-order valence-corrected chi connectivity index (χ2v) is 4.84. The van der Waals surface area contributed by atoms with Gasteiger partial charge in [0.25, 0.3) is 0 Å². The van der Waals surface area contributed by atoms with Gasteiger partial charge in [0.2, 0.25) is 0 Å². The molecule has 1 aliphatic heterocycles. The number of nitrogens with one attached hydrogen (secondary N) is 1. The molecule has 0 saturated carbocycles.